The minimum absolute atomic E-state index is 0.0242. The van der Waals surface area contributed by atoms with Crippen molar-refractivity contribution in [1.82, 2.24) is 4.72 Å². The normalized spacial score (nSPS) is 11.0. The minimum Gasteiger partial charge on any atom is -0.495 e. The largest absolute Gasteiger partial charge is 0.495 e. The number of hydrogen-bond acceptors (Lipinski definition) is 4. The van der Waals surface area contributed by atoms with Crippen molar-refractivity contribution in [3.05, 3.63) is 90.0 Å². The van der Waals surface area contributed by atoms with Crippen LogP contribution in [0, 0.1) is 0 Å². The Balaban J connectivity index is 1.76. The van der Waals surface area contributed by atoms with Gasteiger partial charge in [-0.3, -0.25) is 4.79 Å². The Morgan fingerprint density at radius 1 is 0.929 bits per heavy atom. The molecule has 28 heavy (non-hydrogen) atoms. The van der Waals surface area contributed by atoms with Gasteiger partial charge in [-0.25, -0.2) is 13.1 Å². The number of para-hydroxylation sites is 2. The van der Waals surface area contributed by atoms with Crippen molar-refractivity contribution in [2.24, 2.45) is 0 Å². The van der Waals surface area contributed by atoms with Crippen molar-refractivity contribution in [3.63, 3.8) is 0 Å². The zero-order chi connectivity index (χ0) is 20.0. The highest BCUT2D eigenvalue weighted by atomic mass is 32.2. The Bertz CT molecular complexity index is 1070. The van der Waals surface area contributed by atoms with Crippen molar-refractivity contribution in [2.45, 2.75) is 11.4 Å². The molecule has 144 valence electrons. The van der Waals surface area contributed by atoms with Crippen LogP contribution in [-0.2, 0) is 16.6 Å². The zero-order valence-corrected chi connectivity index (χ0v) is 16.1. The number of anilines is 1. The summed E-state index contributed by atoms with van der Waals surface area (Å²) in [5.74, 6) is 0.0914. The van der Waals surface area contributed by atoms with Crippen LogP contribution in [0.1, 0.15) is 15.9 Å². The molecule has 7 heteroatoms. The van der Waals surface area contributed by atoms with E-state index >= 15 is 0 Å². The Hall–Kier alpha value is -3.16. The van der Waals surface area contributed by atoms with Gasteiger partial charge < -0.3 is 10.1 Å². The summed E-state index contributed by atoms with van der Waals surface area (Å²) in [6.07, 6.45) is 0. The molecule has 0 radical (unpaired) electrons. The van der Waals surface area contributed by atoms with Gasteiger partial charge in [0.15, 0.2) is 0 Å². The zero-order valence-electron chi connectivity index (χ0n) is 15.3. The highest BCUT2D eigenvalue weighted by Gasteiger charge is 2.17. The van der Waals surface area contributed by atoms with Gasteiger partial charge in [-0.2, -0.15) is 0 Å². The van der Waals surface area contributed by atoms with Crippen molar-refractivity contribution in [1.29, 1.82) is 0 Å². The molecular weight excluding hydrogens is 376 g/mol. The fourth-order valence-corrected chi connectivity index (χ4v) is 3.67. The number of rotatable bonds is 7. The van der Waals surface area contributed by atoms with Crippen LogP contribution in [0.15, 0.2) is 83.8 Å². The third-order valence-corrected chi connectivity index (χ3v) is 5.47. The summed E-state index contributed by atoms with van der Waals surface area (Å²) in [7, 11) is -2.24. The lowest BCUT2D eigenvalue weighted by Gasteiger charge is -2.11. The second-order valence-corrected chi connectivity index (χ2v) is 7.76. The average Bonchev–Trinajstić information content (AvgIpc) is 2.73. The minimum atomic E-state index is -3.75. The highest BCUT2D eigenvalue weighted by molar-refractivity contribution is 7.89. The van der Waals surface area contributed by atoms with Crippen molar-refractivity contribution in [2.75, 3.05) is 12.4 Å². The lowest BCUT2D eigenvalue weighted by atomic mass is 10.2. The van der Waals surface area contributed by atoms with E-state index in [-0.39, 0.29) is 17.0 Å². The first kappa shape index (κ1) is 19.6. The maximum atomic E-state index is 12.6. The Labute approximate surface area is 164 Å². The van der Waals surface area contributed by atoms with Gasteiger partial charge in [0.05, 0.1) is 17.7 Å². The maximum Gasteiger partial charge on any atom is 0.255 e. The molecule has 3 aromatic rings. The number of carbonyl (C=O) groups is 1. The maximum absolute atomic E-state index is 12.6. The van der Waals surface area contributed by atoms with Crippen LogP contribution in [0.4, 0.5) is 5.69 Å². The van der Waals surface area contributed by atoms with Gasteiger partial charge >= 0.3 is 0 Å². The summed E-state index contributed by atoms with van der Waals surface area (Å²) in [6, 6.07) is 22.1. The quantitative estimate of drug-likeness (QED) is 0.641. The molecule has 0 fully saturated rings. The average molecular weight is 396 g/mol. The predicted molar refractivity (Wildman–Crippen MR) is 108 cm³/mol. The molecule has 0 saturated heterocycles. The summed E-state index contributed by atoms with van der Waals surface area (Å²) in [5.41, 5.74) is 1.58. The van der Waals surface area contributed by atoms with Crippen LogP contribution in [0.5, 0.6) is 5.75 Å². The van der Waals surface area contributed by atoms with Gasteiger partial charge in [0.25, 0.3) is 5.91 Å². The van der Waals surface area contributed by atoms with E-state index in [2.05, 4.69) is 10.0 Å². The standard InChI is InChI=1S/C21H20N2O4S/c1-27-20-13-6-5-12-19(20)23-21(24)17-10-7-11-18(14-17)28(25,26)22-15-16-8-3-2-4-9-16/h2-14,22H,15H2,1H3,(H,23,24). The summed E-state index contributed by atoms with van der Waals surface area (Å²) in [4.78, 5) is 12.6. The van der Waals surface area contributed by atoms with E-state index in [1.54, 1.807) is 30.3 Å². The molecule has 0 aliphatic carbocycles. The van der Waals surface area contributed by atoms with Crippen LogP contribution in [0.3, 0.4) is 0 Å². The third kappa shape index (κ3) is 4.76. The third-order valence-electron chi connectivity index (χ3n) is 4.07. The molecule has 2 N–H and O–H groups in total. The SMILES string of the molecule is COc1ccccc1NC(=O)c1cccc(S(=O)(=O)NCc2ccccc2)c1. The molecule has 3 rings (SSSR count). The Morgan fingerprint density at radius 2 is 1.64 bits per heavy atom. The summed E-state index contributed by atoms with van der Waals surface area (Å²) >= 11 is 0. The fourth-order valence-electron chi connectivity index (χ4n) is 2.60. The first-order valence-electron chi connectivity index (χ1n) is 8.57. The number of hydrogen-bond donors (Lipinski definition) is 2. The predicted octanol–water partition coefficient (Wildman–Crippen LogP) is 3.43. The Kier molecular flexibility index (Phi) is 6.08. The van der Waals surface area contributed by atoms with Gasteiger partial charge in [-0.05, 0) is 35.9 Å². The lowest BCUT2D eigenvalue weighted by molar-refractivity contribution is 0.102. The van der Waals surface area contributed by atoms with Crippen molar-refractivity contribution < 1.29 is 17.9 Å². The fraction of sp³-hybridized carbons (Fsp3) is 0.0952. The summed E-state index contributed by atoms with van der Waals surface area (Å²) < 4.78 is 32.9. The molecule has 0 atom stereocenters. The molecule has 1 amide bonds. The second kappa shape index (κ2) is 8.69. The van der Waals surface area contributed by atoms with Gasteiger partial charge in [0.2, 0.25) is 10.0 Å². The summed E-state index contributed by atoms with van der Waals surface area (Å²) in [5, 5.41) is 2.74. The van der Waals surface area contributed by atoms with E-state index in [0.717, 1.165) is 5.56 Å². The second-order valence-electron chi connectivity index (χ2n) is 5.99. The molecule has 0 unspecified atom stereocenters. The van der Waals surface area contributed by atoms with E-state index in [4.69, 9.17) is 4.74 Å². The number of methoxy groups -OCH3 is 1. The molecule has 0 aliphatic rings. The molecular formula is C21H20N2O4S. The van der Waals surface area contributed by atoms with Crippen molar-refractivity contribution >= 4 is 21.6 Å². The van der Waals surface area contributed by atoms with Crippen LogP contribution < -0.4 is 14.8 Å². The van der Waals surface area contributed by atoms with Crippen LogP contribution in [-0.4, -0.2) is 21.4 Å². The number of ether oxygens (including phenoxy) is 1. The van der Waals surface area contributed by atoms with Crippen LogP contribution in [0.2, 0.25) is 0 Å². The number of sulfonamides is 1. The van der Waals surface area contributed by atoms with E-state index in [9.17, 15) is 13.2 Å². The Morgan fingerprint density at radius 3 is 2.39 bits per heavy atom. The molecule has 3 aromatic carbocycles. The van der Waals surface area contributed by atoms with Crippen molar-refractivity contribution in [3.8, 4) is 5.75 Å². The molecule has 6 nitrogen and oxygen atoms in total. The van der Waals surface area contributed by atoms with Gasteiger partial charge in [-0.1, -0.05) is 48.5 Å². The van der Waals surface area contributed by atoms with Crippen LogP contribution >= 0.6 is 0 Å². The van der Waals surface area contributed by atoms with E-state index < -0.39 is 15.9 Å². The van der Waals surface area contributed by atoms with Gasteiger partial charge in [-0.15, -0.1) is 0 Å². The van der Waals surface area contributed by atoms with Crippen LogP contribution in [0.25, 0.3) is 0 Å². The first-order valence-corrected chi connectivity index (χ1v) is 10.1. The van der Waals surface area contributed by atoms with E-state index in [1.807, 2.05) is 30.3 Å². The van der Waals surface area contributed by atoms with E-state index in [1.165, 1.54) is 25.3 Å². The summed E-state index contributed by atoms with van der Waals surface area (Å²) in [6.45, 7) is 0.167. The number of carbonyl (C=O) groups excluding carboxylic acids is 1. The lowest BCUT2D eigenvalue weighted by Crippen LogP contribution is -2.23. The van der Waals surface area contributed by atoms with E-state index in [0.29, 0.717) is 11.4 Å². The molecule has 0 aromatic heterocycles. The topological polar surface area (TPSA) is 84.5 Å². The number of amides is 1. The highest BCUT2D eigenvalue weighted by Crippen LogP contribution is 2.24. The number of nitrogens with one attached hydrogen (secondary N) is 2. The monoisotopic (exact) mass is 396 g/mol. The smallest absolute Gasteiger partial charge is 0.255 e. The first-order chi connectivity index (χ1) is 13.5. The van der Waals surface area contributed by atoms with Gasteiger partial charge in [0.1, 0.15) is 5.75 Å². The van der Waals surface area contributed by atoms with Gasteiger partial charge in [0, 0.05) is 12.1 Å². The molecule has 0 spiro atoms. The molecule has 0 saturated carbocycles. The molecule has 0 bridgehead atoms. The molecule has 0 aliphatic heterocycles. The number of benzene rings is 3. The molecule has 0 heterocycles.